The second-order valence-corrected chi connectivity index (χ2v) is 4.22. The molecule has 1 N–H and O–H groups in total. The molecule has 0 saturated heterocycles. The number of aromatic carboxylic acids is 1. The molecule has 5 nitrogen and oxygen atoms in total. The molecule has 108 valence electrons. The molecule has 0 aliphatic carbocycles. The second-order valence-electron chi connectivity index (χ2n) is 4.22. The normalized spacial score (nSPS) is 10.6. The summed E-state index contributed by atoms with van der Waals surface area (Å²) in [6, 6.07) is 11.8. The standard InChI is InChI=1S/C16H15NO4/c1-20-14-8-3-11(9-15(14)21-2)10-17-13-6-4-12(5-7-13)16(18)19/h3-10H,1-2H3,(H,18,19). The Morgan fingerprint density at radius 2 is 1.71 bits per heavy atom. The van der Waals surface area contributed by atoms with E-state index in [1.807, 2.05) is 12.1 Å². The molecule has 0 amide bonds. The first-order chi connectivity index (χ1) is 10.1. The molecule has 0 aromatic heterocycles. The summed E-state index contributed by atoms with van der Waals surface area (Å²) in [7, 11) is 3.15. The molecule has 0 saturated carbocycles. The Balaban J connectivity index is 2.18. The third-order valence-electron chi connectivity index (χ3n) is 2.88. The van der Waals surface area contributed by atoms with Gasteiger partial charge < -0.3 is 14.6 Å². The third-order valence-corrected chi connectivity index (χ3v) is 2.88. The molecule has 2 aromatic rings. The first-order valence-corrected chi connectivity index (χ1v) is 6.23. The Morgan fingerprint density at radius 3 is 2.29 bits per heavy atom. The first kappa shape index (κ1) is 14.6. The number of carbonyl (C=O) groups is 1. The lowest BCUT2D eigenvalue weighted by molar-refractivity contribution is 0.0697. The van der Waals surface area contributed by atoms with Crippen LogP contribution in [-0.2, 0) is 0 Å². The average molecular weight is 285 g/mol. The van der Waals surface area contributed by atoms with Gasteiger partial charge in [-0.15, -0.1) is 0 Å². The van der Waals surface area contributed by atoms with Crippen molar-refractivity contribution in [2.75, 3.05) is 14.2 Å². The largest absolute Gasteiger partial charge is 0.493 e. The van der Waals surface area contributed by atoms with E-state index in [1.165, 1.54) is 12.1 Å². The molecule has 0 spiro atoms. The number of hydrogen-bond acceptors (Lipinski definition) is 4. The maximum atomic E-state index is 10.8. The maximum absolute atomic E-state index is 10.8. The van der Waals surface area contributed by atoms with E-state index >= 15 is 0 Å². The average Bonchev–Trinajstić information content (AvgIpc) is 2.52. The predicted octanol–water partition coefficient (Wildman–Crippen LogP) is 3.15. The Labute approximate surface area is 122 Å². The molecule has 0 bridgehead atoms. The number of benzene rings is 2. The van der Waals surface area contributed by atoms with E-state index in [0.717, 1.165) is 5.56 Å². The molecule has 2 aromatic carbocycles. The first-order valence-electron chi connectivity index (χ1n) is 6.23. The fourth-order valence-corrected chi connectivity index (χ4v) is 1.77. The summed E-state index contributed by atoms with van der Waals surface area (Å²) in [6.07, 6.45) is 1.68. The smallest absolute Gasteiger partial charge is 0.335 e. The van der Waals surface area contributed by atoms with Crippen LogP contribution in [0.25, 0.3) is 0 Å². The van der Waals surface area contributed by atoms with E-state index in [9.17, 15) is 4.79 Å². The monoisotopic (exact) mass is 285 g/mol. The van der Waals surface area contributed by atoms with Crippen LogP contribution in [0.1, 0.15) is 15.9 Å². The van der Waals surface area contributed by atoms with Crippen molar-refractivity contribution in [1.29, 1.82) is 0 Å². The maximum Gasteiger partial charge on any atom is 0.335 e. The number of carboxylic acids is 1. The lowest BCUT2D eigenvalue weighted by Gasteiger charge is -2.07. The van der Waals surface area contributed by atoms with Gasteiger partial charge in [-0.3, -0.25) is 4.99 Å². The van der Waals surface area contributed by atoms with Crippen molar-refractivity contribution >= 4 is 17.9 Å². The van der Waals surface area contributed by atoms with Gasteiger partial charge in [-0.1, -0.05) is 0 Å². The Bertz CT molecular complexity index is 662. The van der Waals surface area contributed by atoms with E-state index in [4.69, 9.17) is 14.6 Å². The van der Waals surface area contributed by atoms with Gasteiger partial charge in [0.05, 0.1) is 25.5 Å². The summed E-state index contributed by atoms with van der Waals surface area (Å²) in [5.74, 6) is 0.327. The number of rotatable bonds is 5. The number of methoxy groups -OCH3 is 2. The van der Waals surface area contributed by atoms with Crippen LogP contribution in [0.15, 0.2) is 47.5 Å². The summed E-state index contributed by atoms with van der Waals surface area (Å²) in [5, 5.41) is 8.83. The summed E-state index contributed by atoms with van der Waals surface area (Å²) in [6.45, 7) is 0. The molecular weight excluding hydrogens is 270 g/mol. The van der Waals surface area contributed by atoms with Crippen LogP contribution >= 0.6 is 0 Å². The number of aliphatic imine (C=N–C) groups is 1. The van der Waals surface area contributed by atoms with Crippen molar-refractivity contribution in [3.63, 3.8) is 0 Å². The van der Waals surface area contributed by atoms with Gasteiger partial charge in [0.1, 0.15) is 0 Å². The topological polar surface area (TPSA) is 68.1 Å². The minimum absolute atomic E-state index is 0.236. The fourth-order valence-electron chi connectivity index (χ4n) is 1.77. The molecular formula is C16H15NO4. The van der Waals surface area contributed by atoms with Crippen LogP contribution in [0.2, 0.25) is 0 Å². The zero-order chi connectivity index (χ0) is 15.2. The summed E-state index contributed by atoms with van der Waals surface area (Å²) in [5.41, 5.74) is 1.77. The molecule has 0 aliphatic rings. The minimum atomic E-state index is -0.953. The number of nitrogens with zero attached hydrogens (tertiary/aromatic N) is 1. The van der Waals surface area contributed by atoms with E-state index in [-0.39, 0.29) is 5.56 Å². The summed E-state index contributed by atoms with van der Waals surface area (Å²) < 4.78 is 10.4. The highest BCUT2D eigenvalue weighted by Gasteiger charge is 2.03. The SMILES string of the molecule is COc1ccc(C=Nc2ccc(C(=O)O)cc2)cc1OC. The van der Waals surface area contributed by atoms with Crippen molar-refractivity contribution < 1.29 is 19.4 Å². The van der Waals surface area contributed by atoms with Crippen molar-refractivity contribution in [2.45, 2.75) is 0 Å². The van der Waals surface area contributed by atoms with E-state index in [1.54, 1.807) is 38.6 Å². The van der Waals surface area contributed by atoms with Crippen LogP contribution in [0.4, 0.5) is 5.69 Å². The highest BCUT2D eigenvalue weighted by atomic mass is 16.5. The van der Waals surface area contributed by atoms with Gasteiger partial charge in [0, 0.05) is 6.21 Å². The van der Waals surface area contributed by atoms with Crippen molar-refractivity contribution in [1.82, 2.24) is 0 Å². The van der Waals surface area contributed by atoms with Crippen LogP contribution in [0.5, 0.6) is 11.5 Å². The van der Waals surface area contributed by atoms with Crippen molar-refractivity contribution in [3.8, 4) is 11.5 Å². The fraction of sp³-hybridized carbons (Fsp3) is 0.125. The van der Waals surface area contributed by atoms with Gasteiger partial charge in [0.15, 0.2) is 11.5 Å². The van der Waals surface area contributed by atoms with Crippen LogP contribution in [0.3, 0.4) is 0 Å². The lowest BCUT2D eigenvalue weighted by Crippen LogP contribution is -1.94. The van der Waals surface area contributed by atoms with Crippen LogP contribution in [-0.4, -0.2) is 31.5 Å². The second kappa shape index (κ2) is 6.56. The van der Waals surface area contributed by atoms with E-state index < -0.39 is 5.97 Å². The molecule has 0 radical (unpaired) electrons. The molecule has 21 heavy (non-hydrogen) atoms. The summed E-state index contributed by atoms with van der Waals surface area (Å²) >= 11 is 0. The molecule has 0 aliphatic heterocycles. The quantitative estimate of drug-likeness (QED) is 0.857. The Hall–Kier alpha value is -2.82. The van der Waals surface area contributed by atoms with Gasteiger partial charge in [-0.25, -0.2) is 4.79 Å². The lowest BCUT2D eigenvalue weighted by atomic mass is 10.2. The number of ether oxygens (including phenoxy) is 2. The van der Waals surface area contributed by atoms with Gasteiger partial charge in [-0.2, -0.15) is 0 Å². The summed E-state index contributed by atoms with van der Waals surface area (Å²) in [4.78, 5) is 15.1. The van der Waals surface area contributed by atoms with E-state index in [2.05, 4.69) is 4.99 Å². The molecule has 5 heteroatoms. The predicted molar refractivity (Wildman–Crippen MR) is 80.2 cm³/mol. The highest BCUT2D eigenvalue weighted by Crippen LogP contribution is 2.27. The Morgan fingerprint density at radius 1 is 1.05 bits per heavy atom. The third kappa shape index (κ3) is 3.60. The highest BCUT2D eigenvalue weighted by molar-refractivity contribution is 5.88. The van der Waals surface area contributed by atoms with Gasteiger partial charge in [-0.05, 0) is 48.0 Å². The van der Waals surface area contributed by atoms with Crippen molar-refractivity contribution in [2.24, 2.45) is 4.99 Å². The molecule has 0 atom stereocenters. The number of carboxylic acid groups (broad SMARTS) is 1. The van der Waals surface area contributed by atoms with Crippen molar-refractivity contribution in [3.05, 3.63) is 53.6 Å². The van der Waals surface area contributed by atoms with Gasteiger partial charge in [0.25, 0.3) is 0 Å². The molecule has 0 fully saturated rings. The van der Waals surface area contributed by atoms with Crippen LogP contribution in [0, 0.1) is 0 Å². The number of hydrogen-bond donors (Lipinski definition) is 1. The van der Waals surface area contributed by atoms with E-state index in [0.29, 0.717) is 17.2 Å². The van der Waals surface area contributed by atoms with Gasteiger partial charge >= 0.3 is 5.97 Å². The zero-order valence-electron chi connectivity index (χ0n) is 11.7. The minimum Gasteiger partial charge on any atom is -0.493 e. The van der Waals surface area contributed by atoms with Gasteiger partial charge in [0.2, 0.25) is 0 Å². The molecule has 0 heterocycles. The molecule has 0 unspecified atom stereocenters. The zero-order valence-corrected chi connectivity index (χ0v) is 11.7. The molecule has 2 rings (SSSR count). The van der Waals surface area contributed by atoms with Crippen LogP contribution < -0.4 is 9.47 Å². The Kier molecular flexibility index (Phi) is 4.56.